The number of likely N-dealkylation sites (tertiary alicyclic amines) is 1. The summed E-state index contributed by atoms with van der Waals surface area (Å²) in [6, 6.07) is 11.8. The number of piperidine rings is 1. The van der Waals surface area contributed by atoms with Gasteiger partial charge in [0.1, 0.15) is 17.1 Å². The molecule has 1 unspecified atom stereocenters. The van der Waals surface area contributed by atoms with Crippen molar-refractivity contribution in [2.45, 2.75) is 110 Å². The van der Waals surface area contributed by atoms with Gasteiger partial charge in [0, 0.05) is 48.1 Å². The van der Waals surface area contributed by atoms with Crippen molar-refractivity contribution < 1.29 is 37.7 Å². The van der Waals surface area contributed by atoms with Crippen LogP contribution in [0.1, 0.15) is 106 Å². The van der Waals surface area contributed by atoms with Crippen LogP contribution < -0.4 is 26.8 Å². The number of amides is 8. The molecule has 4 N–H and O–H groups in total. The van der Waals surface area contributed by atoms with E-state index < -0.39 is 46.5 Å². The Labute approximate surface area is 370 Å². The van der Waals surface area contributed by atoms with E-state index in [4.69, 9.17) is 9.51 Å². The summed E-state index contributed by atoms with van der Waals surface area (Å²) in [6.07, 6.45) is 9.49. The molecular formula is C47H57FN8O8. The summed E-state index contributed by atoms with van der Waals surface area (Å²) in [5.74, 6) is -1.35. The number of urea groups is 2. The van der Waals surface area contributed by atoms with Gasteiger partial charge in [0.25, 0.3) is 5.56 Å². The number of aromatic nitrogens is 3. The van der Waals surface area contributed by atoms with E-state index in [0.29, 0.717) is 23.5 Å². The fraction of sp³-hybridized carbons (Fsp3) is 0.468. The van der Waals surface area contributed by atoms with Crippen LogP contribution in [-0.2, 0) is 44.0 Å². The van der Waals surface area contributed by atoms with E-state index in [1.54, 1.807) is 49.4 Å². The number of carbonyl (C=O) groups excluding carboxylic acids is 6. The third kappa shape index (κ3) is 9.59. The van der Waals surface area contributed by atoms with Gasteiger partial charge in [-0.15, -0.1) is 6.58 Å². The first kappa shape index (κ1) is 47.1. The number of nitrogens with zero attached hydrogens (tertiary/aromatic N) is 4. The summed E-state index contributed by atoms with van der Waals surface area (Å²) in [7, 11) is 0. The summed E-state index contributed by atoms with van der Waals surface area (Å²) in [5, 5.41) is 13.8. The Morgan fingerprint density at radius 2 is 1.53 bits per heavy atom. The Balaban J connectivity index is 0.000000172. The van der Waals surface area contributed by atoms with Crippen LogP contribution in [0.4, 0.5) is 14.0 Å². The van der Waals surface area contributed by atoms with Crippen molar-refractivity contribution in [1.29, 1.82) is 0 Å². The molecule has 0 aliphatic carbocycles. The van der Waals surface area contributed by atoms with Crippen LogP contribution in [-0.4, -0.2) is 74.9 Å². The van der Waals surface area contributed by atoms with Gasteiger partial charge in [0.15, 0.2) is 11.0 Å². The average Bonchev–Trinajstić information content (AvgIpc) is 3.69. The highest BCUT2D eigenvalue weighted by Crippen LogP contribution is 2.37. The van der Waals surface area contributed by atoms with Gasteiger partial charge in [-0.1, -0.05) is 68.8 Å². The first-order chi connectivity index (χ1) is 30.7. The lowest BCUT2D eigenvalue weighted by Crippen LogP contribution is -2.64. The zero-order chi connectivity index (χ0) is 46.2. The number of imide groups is 4. The molecule has 0 radical (unpaired) electrons. The lowest BCUT2D eigenvalue weighted by Gasteiger charge is -2.37. The van der Waals surface area contributed by atoms with E-state index in [0.717, 1.165) is 106 Å². The number of hydrogen-bond donors (Lipinski definition) is 4. The highest BCUT2D eigenvalue weighted by Gasteiger charge is 2.53. The number of aryl methyl sites for hydroxylation is 2. The number of benzene rings is 2. The molecule has 4 aliphatic rings. The minimum absolute atomic E-state index is 0.140. The van der Waals surface area contributed by atoms with Crippen LogP contribution in [0.15, 0.2) is 70.5 Å². The van der Waals surface area contributed by atoms with Crippen LogP contribution in [0.5, 0.6) is 0 Å². The molecule has 16 nitrogen and oxygen atoms in total. The molecule has 2 aromatic heterocycles. The van der Waals surface area contributed by atoms with Crippen molar-refractivity contribution in [2.75, 3.05) is 19.6 Å². The van der Waals surface area contributed by atoms with E-state index in [1.165, 1.54) is 12.1 Å². The first-order valence-corrected chi connectivity index (χ1v) is 22.1. The molecule has 8 amide bonds. The van der Waals surface area contributed by atoms with Crippen molar-refractivity contribution in [3.63, 3.8) is 0 Å². The highest BCUT2D eigenvalue weighted by molar-refractivity contribution is 6.23. The predicted molar refractivity (Wildman–Crippen MR) is 235 cm³/mol. The van der Waals surface area contributed by atoms with Gasteiger partial charge < -0.3 is 9.42 Å². The van der Waals surface area contributed by atoms with Crippen LogP contribution in [0.2, 0.25) is 0 Å². The molecule has 17 heteroatoms. The molecule has 1 atom stereocenters. The van der Waals surface area contributed by atoms with Crippen LogP contribution in [0.3, 0.4) is 0 Å². The van der Waals surface area contributed by atoms with Crippen molar-refractivity contribution >= 4 is 46.7 Å². The topological polar surface area (TPSA) is 215 Å². The number of rotatable bonds is 11. The Bertz CT molecular complexity index is 2430. The molecule has 64 heavy (non-hydrogen) atoms. The summed E-state index contributed by atoms with van der Waals surface area (Å²) < 4.78 is 20.6. The number of barbiturate groups is 2. The number of nitrogens with one attached hydrogen (secondary N) is 4. The molecule has 0 spiro atoms. The summed E-state index contributed by atoms with van der Waals surface area (Å²) in [5.41, 5.74) is 1.46. The Hall–Kier alpha value is -6.36. The Morgan fingerprint density at radius 3 is 2.14 bits per heavy atom. The third-order valence-electron chi connectivity index (χ3n) is 13.0. The maximum absolute atomic E-state index is 13.4. The SMILES string of the molecule is C=CCC1(C(C)CCC)C(=O)NC(=O)NC1=O.CCC1(c2ccccc2)C(=O)NC(=O)NC1=O.Cc1nc2n(c(=O)c1CCN1CCC(c3noc4cc(F)ccc34)CC1)CCCC2. The van der Waals surface area contributed by atoms with E-state index in [-0.39, 0.29) is 23.7 Å². The van der Waals surface area contributed by atoms with Gasteiger partial charge in [-0.2, -0.15) is 0 Å². The standard InChI is InChI=1S/C23H27FN4O2.C12H12N2O3.C12H18N2O3/c1-15-18(23(29)28-10-3-2-4-21(28)25-15)9-13-27-11-7-16(8-12-27)22-19-6-5-17(24)14-20(19)30-26-22;1-2-12(8-6-4-3-5-7-8)9(15)13-11(17)14-10(12)16;1-4-6-8(3)12(7-5-2)9(15)13-11(17)14-10(12)16/h5-6,14,16H,2-4,7-13H2,1H3;3-7H,2H2,1H3,(H2,13,14,15,16,17);5,8H,2,4,6-7H2,1,3H3,(H2,13,14,15,16,17). The molecule has 3 fully saturated rings. The zero-order valence-corrected chi connectivity index (χ0v) is 36.9. The average molecular weight is 881 g/mol. The molecule has 4 aromatic rings. The third-order valence-corrected chi connectivity index (χ3v) is 13.0. The predicted octanol–water partition coefficient (Wildman–Crippen LogP) is 5.64. The normalized spacial score (nSPS) is 18.8. The summed E-state index contributed by atoms with van der Waals surface area (Å²) in [6.45, 7) is 14.7. The number of halogens is 1. The van der Waals surface area contributed by atoms with Gasteiger partial charge >= 0.3 is 12.1 Å². The van der Waals surface area contributed by atoms with E-state index in [9.17, 15) is 38.0 Å². The van der Waals surface area contributed by atoms with Gasteiger partial charge in [0.2, 0.25) is 23.6 Å². The molecule has 0 bridgehead atoms. The fourth-order valence-electron chi connectivity index (χ4n) is 9.31. The molecule has 340 valence electrons. The maximum atomic E-state index is 13.4. The number of fused-ring (bicyclic) bond motifs is 2. The smallest absolute Gasteiger partial charge is 0.328 e. The number of allylic oxidation sites excluding steroid dienone is 1. The Morgan fingerprint density at radius 1 is 0.891 bits per heavy atom. The highest BCUT2D eigenvalue weighted by atomic mass is 19.1. The number of carbonyl (C=O) groups is 6. The fourth-order valence-corrected chi connectivity index (χ4v) is 9.31. The van der Waals surface area contributed by atoms with E-state index in [2.05, 4.69) is 37.9 Å². The van der Waals surface area contributed by atoms with Crippen LogP contribution in [0, 0.1) is 24.1 Å². The molecule has 8 rings (SSSR count). The van der Waals surface area contributed by atoms with Gasteiger partial charge in [0.05, 0.1) is 5.69 Å². The molecule has 3 saturated heterocycles. The first-order valence-electron chi connectivity index (χ1n) is 22.1. The maximum Gasteiger partial charge on any atom is 0.328 e. The zero-order valence-electron chi connectivity index (χ0n) is 36.9. The second-order valence-electron chi connectivity index (χ2n) is 16.8. The van der Waals surface area contributed by atoms with Crippen molar-refractivity contribution in [2.24, 2.45) is 11.3 Å². The van der Waals surface area contributed by atoms with Crippen molar-refractivity contribution in [1.82, 2.24) is 40.9 Å². The van der Waals surface area contributed by atoms with Gasteiger partial charge in [-0.3, -0.25) is 49.8 Å². The minimum atomic E-state index is -1.31. The lowest BCUT2D eigenvalue weighted by molar-refractivity contribution is -0.148. The van der Waals surface area contributed by atoms with Crippen LogP contribution >= 0.6 is 0 Å². The second-order valence-corrected chi connectivity index (χ2v) is 16.8. The minimum Gasteiger partial charge on any atom is -0.356 e. The molecule has 0 saturated carbocycles. The van der Waals surface area contributed by atoms with E-state index in [1.807, 2.05) is 25.3 Å². The number of hydrogen-bond acceptors (Lipinski definition) is 11. The molecule has 4 aliphatic heterocycles. The van der Waals surface area contributed by atoms with Crippen molar-refractivity contribution in [3.05, 3.63) is 106 Å². The molecular weight excluding hydrogens is 824 g/mol. The quantitative estimate of drug-likeness (QED) is 0.107. The Kier molecular flexibility index (Phi) is 15.0. The monoisotopic (exact) mass is 880 g/mol. The lowest BCUT2D eigenvalue weighted by atomic mass is 9.69. The summed E-state index contributed by atoms with van der Waals surface area (Å²) in [4.78, 5) is 90.1. The molecule has 6 heterocycles. The summed E-state index contributed by atoms with van der Waals surface area (Å²) >= 11 is 0. The van der Waals surface area contributed by atoms with Gasteiger partial charge in [-0.05, 0) is 95.0 Å². The molecule has 2 aromatic carbocycles. The van der Waals surface area contributed by atoms with Gasteiger partial charge in [-0.25, -0.2) is 19.0 Å². The second kappa shape index (κ2) is 20.4. The van der Waals surface area contributed by atoms with Crippen molar-refractivity contribution in [3.8, 4) is 0 Å². The largest absolute Gasteiger partial charge is 0.356 e. The van der Waals surface area contributed by atoms with E-state index >= 15 is 0 Å². The van der Waals surface area contributed by atoms with Crippen LogP contribution in [0.25, 0.3) is 11.0 Å².